The van der Waals surface area contributed by atoms with E-state index in [0.717, 1.165) is 16.2 Å². The number of urea groups is 1. The number of halogens is 2. The number of benzene rings is 1. The second-order valence-electron chi connectivity index (χ2n) is 7.90. The maximum atomic E-state index is 13.0. The highest BCUT2D eigenvalue weighted by Gasteiger charge is 2.43. The van der Waals surface area contributed by atoms with Crippen molar-refractivity contribution in [3.63, 3.8) is 0 Å². The fourth-order valence-corrected chi connectivity index (χ4v) is 6.62. The molecule has 9 nitrogen and oxygen atoms in total. The standard InChI is InChI=1S/C21H19BrClN5O4S2/c1-21(2)18(29)28(20(30)27-21)10-9-24-19-25-11-14(22)17(26-19)15-7-8-16(33-15)34(31,32)13-5-3-12(23)4-6-13/h3-8,11H,9-10H2,1-2H3,(H,27,30)(H,24,25,26). The molecule has 3 amide bonds. The van der Waals surface area contributed by atoms with Gasteiger partial charge in [-0.25, -0.2) is 23.2 Å². The molecule has 0 radical (unpaired) electrons. The van der Waals surface area contributed by atoms with E-state index in [9.17, 15) is 18.0 Å². The molecule has 1 aliphatic heterocycles. The van der Waals surface area contributed by atoms with Crippen molar-refractivity contribution in [2.75, 3.05) is 18.4 Å². The van der Waals surface area contributed by atoms with Gasteiger partial charge in [0, 0.05) is 24.3 Å². The fraction of sp³-hybridized carbons (Fsp3) is 0.238. The van der Waals surface area contributed by atoms with Crippen molar-refractivity contribution in [2.45, 2.75) is 28.5 Å². The number of amides is 3. The van der Waals surface area contributed by atoms with Crippen LogP contribution in [0.5, 0.6) is 0 Å². The minimum atomic E-state index is -3.70. The van der Waals surface area contributed by atoms with Crippen molar-refractivity contribution in [1.82, 2.24) is 20.2 Å². The SMILES string of the molecule is CC1(C)NC(=O)N(CCNc2ncc(Br)c(-c3ccc(S(=O)(=O)c4ccc(Cl)cc4)s3)n2)C1=O. The summed E-state index contributed by atoms with van der Waals surface area (Å²) in [4.78, 5) is 34.9. The third-order valence-electron chi connectivity index (χ3n) is 5.01. The van der Waals surface area contributed by atoms with Gasteiger partial charge in [-0.1, -0.05) is 11.6 Å². The Balaban J connectivity index is 1.50. The summed E-state index contributed by atoms with van der Waals surface area (Å²) in [5.74, 6) is -0.0234. The Morgan fingerprint density at radius 3 is 2.53 bits per heavy atom. The number of rotatable bonds is 7. The number of carbonyl (C=O) groups is 2. The summed E-state index contributed by atoms with van der Waals surface area (Å²) in [6.07, 6.45) is 1.55. The van der Waals surface area contributed by atoms with Crippen LogP contribution in [0.1, 0.15) is 13.8 Å². The largest absolute Gasteiger partial charge is 0.352 e. The molecule has 2 N–H and O–H groups in total. The van der Waals surface area contributed by atoms with Crippen molar-refractivity contribution in [1.29, 1.82) is 0 Å². The molecule has 1 aromatic carbocycles. The molecule has 3 aromatic rings. The van der Waals surface area contributed by atoms with Crippen LogP contribution >= 0.6 is 38.9 Å². The van der Waals surface area contributed by atoms with Gasteiger partial charge in [-0.2, -0.15) is 0 Å². The smallest absolute Gasteiger partial charge is 0.325 e. The lowest BCUT2D eigenvalue weighted by Gasteiger charge is -2.16. The molecule has 0 saturated carbocycles. The molecule has 1 fully saturated rings. The third kappa shape index (κ3) is 4.81. The first-order valence-corrected chi connectivity index (χ1v) is 13.5. The second-order valence-corrected chi connectivity index (χ2v) is 12.5. The molecule has 1 saturated heterocycles. The van der Waals surface area contributed by atoms with Crippen molar-refractivity contribution in [3.05, 3.63) is 52.1 Å². The first kappa shape index (κ1) is 24.6. The predicted octanol–water partition coefficient (Wildman–Crippen LogP) is 4.20. The topological polar surface area (TPSA) is 121 Å². The van der Waals surface area contributed by atoms with E-state index in [1.54, 1.807) is 26.1 Å². The van der Waals surface area contributed by atoms with Crippen LogP contribution in [-0.4, -0.2) is 53.9 Å². The minimum Gasteiger partial charge on any atom is -0.352 e. The Bertz CT molecular complexity index is 1380. The van der Waals surface area contributed by atoms with Crippen LogP contribution in [0.3, 0.4) is 0 Å². The number of sulfone groups is 1. The maximum absolute atomic E-state index is 13.0. The summed E-state index contributed by atoms with van der Waals surface area (Å²) in [7, 11) is -3.70. The van der Waals surface area contributed by atoms with Crippen molar-refractivity contribution in [2.24, 2.45) is 0 Å². The predicted molar refractivity (Wildman–Crippen MR) is 133 cm³/mol. The van der Waals surface area contributed by atoms with Crippen LogP contribution in [0.2, 0.25) is 5.02 Å². The molecule has 0 spiro atoms. The molecule has 0 aliphatic carbocycles. The van der Waals surface area contributed by atoms with E-state index in [4.69, 9.17) is 11.6 Å². The summed E-state index contributed by atoms with van der Waals surface area (Å²) in [6.45, 7) is 3.68. The Hall–Kier alpha value is -2.54. The van der Waals surface area contributed by atoms with E-state index >= 15 is 0 Å². The van der Waals surface area contributed by atoms with Gasteiger partial charge in [-0.15, -0.1) is 11.3 Å². The number of carbonyl (C=O) groups excluding carboxylic acids is 2. The molecule has 1 aliphatic rings. The van der Waals surface area contributed by atoms with Gasteiger partial charge in [0.1, 0.15) is 15.4 Å². The van der Waals surface area contributed by atoms with Crippen LogP contribution in [0.15, 0.2) is 56.2 Å². The lowest BCUT2D eigenvalue weighted by molar-refractivity contribution is -0.130. The van der Waals surface area contributed by atoms with E-state index in [2.05, 4.69) is 36.5 Å². The van der Waals surface area contributed by atoms with Crippen LogP contribution in [0.4, 0.5) is 10.7 Å². The van der Waals surface area contributed by atoms with Crippen LogP contribution in [0, 0.1) is 0 Å². The van der Waals surface area contributed by atoms with Crippen molar-refractivity contribution in [3.8, 4) is 10.6 Å². The Morgan fingerprint density at radius 2 is 1.88 bits per heavy atom. The fourth-order valence-electron chi connectivity index (χ4n) is 3.25. The Morgan fingerprint density at radius 1 is 1.18 bits per heavy atom. The summed E-state index contributed by atoms with van der Waals surface area (Å²) in [5, 5.41) is 6.08. The zero-order valence-corrected chi connectivity index (χ0v) is 22.0. The van der Waals surface area contributed by atoms with Gasteiger partial charge in [0.25, 0.3) is 5.91 Å². The molecule has 34 heavy (non-hydrogen) atoms. The first-order valence-electron chi connectivity index (χ1n) is 10.0. The number of thiophene rings is 1. The van der Waals surface area contributed by atoms with Gasteiger partial charge in [0.05, 0.1) is 14.2 Å². The van der Waals surface area contributed by atoms with Gasteiger partial charge in [0.2, 0.25) is 15.8 Å². The van der Waals surface area contributed by atoms with E-state index in [0.29, 0.717) is 20.1 Å². The molecule has 3 heterocycles. The van der Waals surface area contributed by atoms with Gasteiger partial charge in [-0.3, -0.25) is 9.69 Å². The van der Waals surface area contributed by atoms with E-state index in [-0.39, 0.29) is 34.0 Å². The van der Waals surface area contributed by atoms with E-state index in [1.807, 2.05) is 0 Å². The summed E-state index contributed by atoms with van der Waals surface area (Å²) in [5.41, 5.74) is -0.419. The molecule has 0 bridgehead atoms. The zero-order chi connectivity index (χ0) is 24.7. The third-order valence-corrected chi connectivity index (χ3v) is 9.20. The molecule has 0 atom stereocenters. The molecular weight excluding hydrogens is 566 g/mol. The van der Waals surface area contributed by atoms with Crippen LogP contribution in [0.25, 0.3) is 10.6 Å². The lowest BCUT2D eigenvalue weighted by Crippen LogP contribution is -2.40. The van der Waals surface area contributed by atoms with Crippen molar-refractivity contribution >= 4 is 66.6 Å². The Kier molecular flexibility index (Phi) is 6.69. The normalized spacial score (nSPS) is 15.5. The molecule has 13 heteroatoms. The highest BCUT2D eigenvalue weighted by atomic mass is 79.9. The number of nitrogens with zero attached hydrogens (tertiary/aromatic N) is 3. The van der Waals surface area contributed by atoms with Crippen LogP contribution in [-0.2, 0) is 14.6 Å². The second kappa shape index (κ2) is 9.25. The van der Waals surface area contributed by atoms with Gasteiger partial charge in [-0.05, 0) is 66.2 Å². The minimum absolute atomic E-state index is 0.144. The number of hydrogen-bond donors (Lipinski definition) is 2. The maximum Gasteiger partial charge on any atom is 0.325 e. The molecule has 0 unspecified atom stereocenters. The quantitative estimate of drug-likeness (QED) is 0.399. The molecule has 178 valence electrons. The Labute approximate surface area is 213 Å². The number of hydrogen-bond acceptors (Lipinski definition) is 8. The molecule has 2 aromatic heterocycles. The monoisotopic (exact) mass is 583 g/mol. The van der Waals surface area contributed by atoms with Gasteiger partial charge < -0.3 is 10.6 Å². The van der Waals surface area contributed by atoms with Crippen LogP contribution < -0.4 is 10.6 Å². The lowest BCUT2D eigenvalue weighted by atomic mass is 10.1. The van der Waals surface area contributed by atoms with Crippen molar-refractivity contribution < 1.29 is 18.0 Å². The highest BCUT2D eigenvalue weighted by molar-refractivity contribution is 9.10. The average Bonchev–Trinajstić information content (AvgIpc) is 3.34. The summed E-state index contributed by atoms with van der Waals surface area (Å²) < 4.78 is 26.7. The van der Waals surface area contributed by atoms with E-state index in [1.165, 1.54) is 30.3 Å². The number of anilines is 1. The first-order chi connectivity index (χ1) is 16.0. The average molecular weight is 585 g/mol. The van der Waals surface area contributed by atoms with E-state index < -0.39 is 21.4 Å². The van der Waals surface area contributed by atoms with Gasteiger partial charge in [0.15, 0.2) is 0 Å². The molecule has 4 rings (SSSR count). The summed E-state index contributed by atoms with van der Waals surface area (Å²) >= 11 is 10.4. The zero-order valence-electron chi connectivity index (χ0n) is 18.0. The number of imide groups is 1. The highest BCUT2D eigenvalue weighted by Crippen LogP contribution is 2.36. The molecular formula is C21H19BrClN5O4S2. The summed E-state index contributed by atoms with van der Waals surface area (Å²) in [6, 6.07) is 8.76. The number of aromatic nitrogens is 2. The van der Waals surface area contributed by atoms with Gasteiger partial charge >= 0.3 is 6.03 Å². The number of nitrogens with one attached hydrogen (secondary N) is 2.